The van der Waals surface area contributed by atoms with Gasteiger partial charge >= 0.3 is 0 Å². The summed E-state index contributed by atoms with van der Waals surface area (Å²) >= 11 is 6.28. The molecule has 5 heteroatoms. The van der Waals surface area contributed by atoms with Gasteiger partial charge in [0.15, 0.2) is 11.5 Å². The van der Waals surface area contributed by atoms with Gasteiger partial charge in [-0.1, -0.05) is 11.6 Å². The van der Waals surface area contributed by atoms with Gasteiger partial charge in [0, 0.05) is 12.6 Å². The number of hydrogen-bond donors (Lipinski definition) is 1. The molecule has 0 bridgehead atoms. The fourth-order valence-corrected chi connectivity index (χ4v) is 3.14. The van der Waals surface area contributed by atoms with E-state index in [2.05, 4.69) is 5.32 Å². The van der Waals surface area contributed by atoms with Crippen LogP contribution in [0, 0.1) is 0 Å². The van der Waals surface area contributed by atoms with Gasteiger partial charge in [-0.3, -0.25) is 0 Å². The summed E-state index contributed by atoms with van der Waals surface area (Å²) in [4.78, 5) is 0. The molecule has 21 heavy (non-hydrogen) atoms. The number of methoxy groups -OCH3 is 2. The Labute approximate surface area is 131 Å². The number of benzene rings is 1. The van der Waals surface area contributed by atoms with Gasteiger partial charge in [-0.2, -0.15) is 0 Å². The summed E-state index contributed by atoms with van der Waals surface area (Å²) in [5.41, 5.74) is 1.11. The fourth-order valence-electron chi connectivity index (χ4n) is 2.84. The monoisotopic (exact) mass is 313 g/mol. The number of rotatable bonds is 7. The zero-order valence-electron chi connectivity index (χ0n) is 12.9. The van der Waals surface area contributed by atoms with E-state index in [-0.39, 0.29) is 6.04 Å². The number of ether oxygens (including phenoxy) is 3. The van der Waals surface area contributed by atoms with Gasteiger partial charge in [0.05, 0.1) is 25.3 Å². The van der Waals surface area contributed by atoms with Gasteiger partial charge in [-0.25, -0.2) is 0 Å². The van der Waals surface area contributed by atoms with Crippen LogP contribution in [0.5, 0.6) is 11.5 Å². The van der Waals surface area contributed by atoms with E-state index in [0.29, 0.717) is 22.6 Å². The molecule has 1 fully saturated rings. The van der Waals surface area contributed by atoms with Crippen LogP contribution in [0.2, 0.25) is 5.02 Å². The Morgan fingerprint density at radius 1 is 1.38 bits per heavy atom. The minimum Gasteiger partial charge on any atom is -0.493 e. The minimum atomic E-state index is 0.228. The van der Waals surface area contributed by atoms with Crippen molar-refractivity contribution < 1.29 is 14.2 Å². The largest absolute Gasteiger partial charge is 0.493 e. The molecule has 1 saturated heterocycles. The summed E-state index contributed by atoms with van der Waals surface area (Å²) in [6.45, 7) is 0.900. The molecule has 118 valence electrons. The van der Waals surface area contributed by atoms with E-state index in [4.69, 9.17) is 25.8 Å². The smallest absolute Gasteiger partial charge is 0.179 e. The fraction of sp³-hybridized carbons (Fsp3) is 0.625. The molecule has 0 radical (unpaired) electrons. The molecule has 1 heterocycles. The molecule has 1 N–H and O–H groups in total. The van der Waals surface area contributed by atoms with Crippen molar-refractivity contribution in [2.45, 2.75) is 37.8 Å². The molecule has 0 amide bonds. The molecule has 0 aliphatic carbocycles. The van der Waals surface area contributed by atoms with Gasteiger partial charge in [-0.15, -0.1) is 0 Å². The molecule has 2 rings (SSSR count). The Kier molecular flexibility index (Phi) is 6.15. The highest BCUT2D eigenvalue weighted by molar-refractivity contribution is 6.32. The van der Waals surface area contributed by atoms with Crippen molar-refractivity contribution >= 4 is 11.6 Å². The summed E-state index contributed by atoms with van der Waals surface area (Å²) in [5.74, 6) is 1.24. The number of hydrogen-bond acceptors (Lipinski definition) is 4. The van der Waals surface area contributed by atoms with Gasteiger partial charge in [-0.05, 0) is 50.4 Å². The highest BCUT2D eigenvalue weighted by atomic mass is 35.5. The third kappa shape index (κ3) is 4.02. The summed E-state index contributed by atoms with van der Waals surface area (Å²) < 4.78 is 16.3. The molecule has 1 aromatic rings. The standard InChI is InChI=1S/C16H24ClNO3/c1-18-14(7-6-12-5-4-8-21-12)11-9-13(17)16(20-3)15(10-11)19-2/h9-10,12,14,18H,4-8H2,1-3H3. The maximum absolute atomic E-state index is 6.28. The lowest BCUT2D eigenvalue weighted by molar-refractivity contribution is 0.0998. The Morgan fingerprint density at radius 3 is 2.76 bits per heavy atom. The molecule has 1 aliphatic rings. The van der Waals surface area contributed by atoms with E-state index in [1.807, 2.05) is 19.2 Å². The third-order valence-electron chi connectivity index (χ3n) is 4.01. The normalized spacial score (nSPS) is 19.5. The predicted molar refractivity (Wildman–Crippen MR) is 84.6 cm³/mol. The van der Waals surface area contributed by atoms with Crippen molar-refractivity contribution in [3.8, 4) is 11.5 Å². The van der Waals surface area contributed by atoms with E-state index in [1.165, 1.54) is 12.8 Å². The zero-order valence-corrected chi connectivity index (χ0v) is 13.7. The molecule has 0 spiro atoms. The topological polar surface area (TPSA) is 39.7 Å². The first-order valence-corrected chi connectivity index (χ1v) is 7.77. The van der Waals surface area contributed by atoms with Crippen LogP contribution in [-0.4, -0.2) is 34.0 Å². The van der Waals surface area contributed by atoms with Crippen molar-refractivity contribution in [1.82, 2.24) is 5.32 Å². The molecular weight excluding hydrogens is 290 g/mol. The zero-order chi connectivity index (χ0) is 15.2. The van der Waals surface area contributed by atoms with Crippen molar-refractivity contribution in [1.29, 1.82) is 0 Å². The quantitative estimate of drug-likeness (QED) is 0.835. The summed E-state index contributed by atoms with van der Waals surface area (Å²) in [6.07, 6.45) is 4.81. The maximum Gasteiger partial charge on any atom is 0.179 e. The average Bonchev–Trinajstić information content (AvgIpc) is 3.00. The highest BCUT2D eigenvalue weighted by Gasteiger charge is 2.20. The second-order valence-electron chi connectivity index (χ2n) is 5.29. The van der Waals surface area contributed by atoms with Crippen LogP contribution in [-0.2, 0) is 4.74 Å². The van der Waals surface area contributed by atoms with Gasteiger partial charge in [0.25, 0.3) is 0 Å². The molecule has 2 atom stereocenters. The van der Waals surface area contributed by atoms with Crippen LogP contribution < -0.4 is 14.8 Å². The molecule has 2 unspecified atom stereocenters. The molecule has 4 nitrogen and oxygen atoms in total. The van der Waals surface area contributed by atoms with Crippen LogP contribution in [0.25, 0.3) is 0 Å². The molecule has 1 aromatic carbocycles. The number of nitrogens with one attached hydrogen (secondary N) is 1. The Hall–Kier alpha value is -0.970. The lowest BCUT2D eigenvalue weighted by atomic mass is 9.99. The lowest BCUT2D eigenvalue weighted by Crippen LogP contribution is -2.19. The first-order valence-electron chi connectivity index (χ1n) is 7.39. The van der Waals surface area contributed by atoms with E-state index in [9.17, 15) is 0 Å². The first-order chi connectivity index (χ1) is 10.2. The van der Waals surface area contributed by atoms with Crippen molar-refractivity contribution in [2.24, 2.45) is 0 Å². The molecule has 0 aromatic heterocycles. The van der Waals surface area contributed by atoms with Crippen molar-refractivity contribution in [2.75, 3.05) is 27.9 Å². The minimum absolute atomic E-state index is 0.228. The van der Waals surface area contributed by atoms with Crippen LogP contribution >= 0.6 is 11.6 Å². The summed E-state index contributed by atoms with van der Waals surface area (Å²) in [7, 11) is 5.18. The van der Waals surface area contributed by atoms with Crippen LogP contribution in [0.4, 0.5) is 0 Å². The Balaban J connectivity index is 2.11. The van der Waals surface area contributed by atoms with E-state index < -0.39 is 0 Å². The summed E-state index contributed by atoms with van der Waals surface area (Å²) in [6, 6.07) is 4.16. The predicted octanol–water partition coefficient (Wildman–Crippen LogP) is 3.58. The highest BCUT2D eigenvalue weighted by Crippen LogP contribution is 2.38. The van der Waals surface area contributed by atoms with Crippen molar-refractivity contribution in [3.05, 3.63) is 22.7 Å². The first kappa shape index (κ1) is 16.4. The number of halogens is 1. The van der Waals surface area contributed by atoms with Gasteiger partial charge < -0.3 is 19.5 Å². The van der Waals surface area contributed by atoms with Crippen LogP contribution in [0.1, 0.15) is 37.3 Å². The Bertz CT molecular complexity index is 461. The second kappa shape index (κ2) is 7.87. The van der Waals surface area contributed by atoms with Gasteiger partial charge in [0.1, 0.15) is 0 Å². The van der Waals surface area contributed by atoms with E-state index >= 15 is 0 Å². The molecule has 1 aliphatic heterocycles. The van der Waals surface area contributed by atoms with Crippen molar-refractivity contribution in [3.63, 3.8) is 0 Å². The second-order valence-corrected chi connectivity index (χ2v) is 5.70. The SMILES string of the molecule is CNC(CCC1CCCO1)c1cc(Cl)c(OC)c(OC)c1. The van der Waals surface area contributed by atoms with Gasteiger partial charge in [0.2, 0.25) is 0 Å². The third-order valence-corrected chi connectivity index (χ3v) is 4.29. The molecule has 0 saturated carbocycles. The van der Waals surface area contributed by atoms with Crippen LogP contribution in [0.3, 0.4) is 0 Å². The van der Waals surface area contributed by atoms with E-state index in [0.717, 1.165) is 25.0 Å². The van der Waals surface area contributed by atoms with Crippen LogP contribution in [0.15, 0.2) is 12.1 Å². The summed E-state index contributed by atoms with van der Waals surface area (Å²) in [5, 5.41) is 3.92. The Morgan fingerprint density at radius 2 is 2.19 bits per heavy atom. The van der Waals surface area contributed by atoms with E-state index in [1.54, 1.807) is 14.2 Å². The average molecular weight is 314 g/mol. The molecular formula is C16H24ClNO3. The lowest BCUT2D eigenvalue weighted by Gasteiger charge is -2.20. The maximum atomic E-state index is 6.28.